The lowest BCUT2D eigenvalue weighted by atomic mass is 10.2. The summed E-state index contributed by atoms with van der Waals surface area (Å²) >= 11 is 0. The van der Waals surface area contributed by atoms with Crippen LogP contribution in [0.2, 0.25) is 0 Å². The van der Waals surface area contributed by atoms with E-state index in [0.29, 0.717) is 6.54 Å². The Labute approximate surface area is 75.9 Å². The van der Waals surface area contributed by atoms with E-state index in [2.05, 4.69) is 5.32 Å². The molecule has 0 spiro atoms. The van der Waals surface area contributed by atoms with Crippen molar-refractivity contribution in [1.82, 2.24) is 10.6 Å². The van der Waals surface area contributed by atoms with Crippen LogP contribution in [0.1, 0.15) is 13.8 Å². The van der Waals surface area contributed by atoms with Gasteiger partial charge in [-0.05, 0) is 13.8 Å². The molecule has 2 amide bonds. The highest BCUT2D eigenvalue weighted by Gasteiger charge is 2.22. The molecule has 0 radical (unpaired) electrons. The standard InChI is InChI=1S/C7H14N2O4/c1-3-8-6(11)5(10)4(2)9-7(12)13/h4-5,9-10H,3H2,1-2H3,(H,8,11)(H,12,13)/t4-,5+/m1/s1. The minimum atomic E-state index is -1.35. The van der Waals surface area contributed by atoms with Crippen LogP contribution in [0.15, 0.2) is 0 Å². The van der Waals surface area contributed by atoms with Gasteiger partial charge in [0.1, 0.15) is 0 Å². The SMILES string of the molecule is CCNC(=O)[C@@H](O)[C@@H](C)NC(=O)O. The number of hydrogen-bond donors (Lipinski definition) is 4. The maximum atomic E-state index is 11.0. The zero-order chi connectivity index (χ0) is 10.4. The summed E-state index contributed by atoms with van der Waals surface area (Å²) in [6.45, 7) is 3.52. The summed E-state index contributed by atoms with van der Waals surface area (Å²) in [5.74, 6) is -0.580. The highest BCUT2D eigenvalue weighted by atomic mass is 16.4. The van der Waals surface area contributed by atoms with Gasteiger partial charge in [0.05, 0.1) is 6.04 Å². The van der Waals surface area contributed by atoms with E-state index in [1.807, 2.05) is 5.32 Å². The van der Waals surface area contributed by atoms with E-state index >= 15 is 0 Å². The van der Waals surface area contributed by atoms with Crippen LogP contribution in [0, 0.1) is 0 Å². The summed E-state index contributed by atoms with van der Waals surface area (Å²) in [5.41, 5.74) is 0. The van der Waals surface area contributed by atoms with Gasteiger partial charge in [-0.3, -0.25) is 4.79 Å². The van der Waals surface area contributed by atoms with Gasteiger partial charge >= 0.3 is 6.09 Å². The van der Waals surface area contributed by atoms with E-state index in [-0.39, 0.29) is 0 Å². The molecule has 0 aromatic carbocycles. The molecule has 76 valence electrons. The first kappa shape index (κ1) is 11.7. The minimum Gasteiger partial charge on any atom is -0.465 e. The fourth-order valence-electron chi connectivity index (χ4n) is 0.780. The molecule has 6 nitrogen and oxygen atoms in total. The van der Waals surface area contributed by atoms with Crippen LogP contribution in [0.4, 0.5) is 4.79 Å². The van der Waals surface area contributed by atoms with Crippen molar-refractivity contribution in [2.45, 2.75) is 26.0 Å². The van der Waals surface area contributed by atoms with Crippen molar-refractivity contribution in [2.24, 2.45) is 0 Å². The number of aliphatic hydroxyl groups is 1. The van der Waals surface area contributed by atoms with Crippen molar-refractivity contribution < 1.29 is 19.8 Å². The van der Waals surface area contributed by atoms with Crippen molar-refractivity contribution >= 4 is 12.0 Å². The van der Waals surface area contributed by atoms with Gasteiger partial charge in [0, 0.05) is 6.54 Å². The van der Waals surface area contributed by atoms with Crippen LogP contribution in [-0.4, -0.2) is 40.9 Å². The summed E-state index contributed by atoms with van der Waals surface area (Å²) in [6, 6.07) is -0.816. The van der Waals surface area contributed by atoms with Gasteiger partial charge in [0.25, 0.3) is 5.91 Å². The fraction of sp³-hybridized carbons (Fsp3) is 0.714. The van der Waals surface area contributed by atoms with Crippen LogP contribution < -0.4 is 10.6 Å². The predicted octanol–water partition coefficient (Wildman–Crippen LogP) is -0.860. The Morgan fingerprint density at radius 2 is 2.00 bits per heavy atom. The Balaban J connectivity index is 4.00. The average molecular weight is 190 g/mol. The molecule has 0 fully saturated rings. The first-order valence-corrected chi connectivity index (χ1v) is 3.94. The van der Waals surface area contributed by atoms with Crippen LogP contribution in [0.25, 0.3) is 0 Å². The molecule has 0 bridgehead atoms. The lowest BCUT2D eigenvalue weighted by molar-refractivity contribution is -0.130. The summed E-state index contributed by atoms with van der Waals surface area (Å²) in [5, 5.41) is 21.9. The lowest BCUT2D eigenvalue weighted by Crippen LogP contribution is -2.48. The highest BCUT2D eigenvalue weighted by Crippen LogP contribution is 1.92. The zero-order valence-corrected chi connectivity index (χ0v) is 7.57. The predicted molar refractivity (Wildman–Crippen MR) is 45.3 cm³/mol. The van der Waals surface area contributed by atoms with E-state index in [4.69, 9.17) is 5.11 Å². The lowest BCUT2D eigenvalue weighted by Gasteiger charge is -2.17. The molecule has 6 heteroatoms. The Morgan fingerprint density at radius 3 is 2.38 bits per heavy atom. The van der Waals surface area contributed by atoms with Gasteiger partial charge in [0.2, 0.25) is 0 Å². The summed E-state index contributed by atoms with van der Waals surface area (Å²) in [4.78, 5) is 21.1. The number of rotatable bonds is 4. The largest absolute Gasteiger partial charge is 0.465 e. The van der Waals surface area contributed by atoms with Gasteiger partial charge in [-0.2, -0.15) is 0 Å². The highest BCUT2D eigenvalue weighted by molar-refractivity contribution is 5.81. The normalized spacial score (nSPS) is 14.4. The second-order valence-corrected chi connectivity index (χ2v) is 2.58. The molecule has 13 heavy (non-hydrogen) atoms. The molecule has 0 aliphatic carbocycles. The molecular formula is C7H14N2O4. The maximum absolute atomic E-state index is 11.0. The van der Waals surface area contributed by atoms with Crippen LogP contribution in [-0.2, 0) is 4.79 Å². The number of carbonyl (C=O) groups excluding carboxylic acids is 1. The molecule has 4 N–H and O–H groups in total. The number of carbonyl (C=O) groups is 2. The van der Waals surface area contributed by atoms with Crippen molar-refractivity contribution in [3.63, 3.8) is 0 Å². The van der Waals surface area contributed by atoms with E-state index in [1.165, 1.54) is 6.92 Å². The third-order valence-electron chi connectivity index (χ3n) is 1.44. The van der Waals surface area contributed by atoms with Gasteiger partial charge in [-0.25, -0.2) is 4.79 Å². The summed E-state index contributed by atoms with van der Waals surface area (Å²) in [6.07, 6.45) is -2.62. The minimum absolute atomic E-state index is 0.398. The van der Waals surface area contributed by atoms with Crippen LogP contribution in [0.3, 0.4) is 0 Å². The zero-order valence-electron chi connectivity index (χ0n) is 7.57. The second kappa shape index (κ2) is 5.36. The summed E-state index contributed by atoms with van der Waals surface area (Å²) < 4.78 is 0. The molecule has 0 aromatic heterocycles. The van der Waals surface area contributed by atoms with E-state index in [0.717, 1.165) is 0 Å². The van der Waals surface area contributed by atoms with Crippen molar-refractivity contribution in [3.8, 4) is 0 Å². The molecule has 0 saturated heterocycles. The number of aliphatic hydroxyl groups excluding tert-OH is 1. The molecule has 0 aliphatic heterocycles. The molecule has 2 atom stereocenters. The average Bonchev–Trinajstić information content (AvgIpc) is 2.02. The van der Waals surface area contributed by atoms with Crippen molar-refractivity contribution in [3.05, 3.63) is 0 Å². The first-order chi connectivity index (χ1) is 5.99. The monoisotopic (exact) mass is 190 g/mol. The molecule has 0 heterocycles. The third kappa shape index (κ3) is 4.32. The number of hydrogen-bond acceptors (Lipinski definition) is 3. The van der Waals surface area contributed by atoms with E-state index < -0.39 is 24.1 Å². The Hall–Kier alpha value is -1.30. The quantitative estimate of drug-likeness (QED) is 0.463. The van der Waals surface area contributed by atoms with Gasteiger partial charge in [-0.1, -0.05) is 0 Å². The second-order valence-electron chi connectivity index (χ2n) is 2.58. The van der Waals surface area contributed by atoms with E-state index in [1.54, 1.807) is 6.92 Å². The maximum Gasteiger partial charge on any atom is 0.404 e. The van der Waals surface area contributed by atoms with Gasteiger partial charge < -0.3 is 20.8 Å². The smallest absolute Gasteiger partial charge is 0.404 e. The Morgan fingerprint density at radius 1 is 1.46 bits per heavy atom. The fourth-order valence-corrected chi connectivity index (χ4v) is 0.780. The topological polar surface area (TPSA) is 98.7 Å². The molecule has 0 rings (SSSR count). The molecular weight excluding hydrogens is 176 g/mol. The molecule has 0 aliphatic rings. The van der Waals surface area contributed by atoms with Gasteiger partial charge in [-0.15, -0.1) is 0 Å². The number of carboxylic acid groups (broad SMARTS) is 1. The molecule has 0 unspecified atom stereocenters. The third-order valence-corrected chi connectivity index (χ3v) is 1.44. The van der Waals surface area contributed by atoms with E-state index in [9.17, 15) is 14.7 Å². The molecule has 0 saturated carbocycles. The van der Waals surface area contributed by atoms with Crippen molar-refractivity contribution in [2.75, 3.05) is 6.54 Å². The number of amides is 2. The van der Waals surface area contributed by atoms with Crippen LogP contribution >= 0.6 is 0 Å². The van der Waals surface area contributed by atoms with Gasteiger partial charge in [0.15, 0.2) is 6.10 Å². The Bertz CT molecular complexity index is 195. The first-order valence-electron chi connectivity index (χ1n) is 3.94. The van der Waals surface area contributed by atoms with Crippen molar-refractivity contribution in [1.29, 1.82) is 0 Å². The number of likely N-dealkylation sites (N-methyl/N-ethyl adjacent to an activating group) is 1. The molecule has 0 aromatic rings. The Kier molecular flexibility index (Phi) is 4.83. The summed E-state index contributed by atoms with van der Waals surface area (Å²) in [7, 11) is 0. The number of nitrogens with one attached hydrogen (secondary N) is 2. The van der Waals surface area contributed by atoms with Crippen LogP contribution in [0.5, 0.6) is 0 Å².